The third kappa shape index (κ3) is 2.76. The lowest BCUT2D eigenvalue weighted by atomic mass is 9.98. The van der Waals surface area contributed by atoms with Crippen LogP contribution < -0.4 is 5.48 Å². The summed E-state index contributed by atoms with van der Waals surface area (Å²) in [6.07, 6.45) is 1.50. The summed E-state index contributed by atoms with van der Waals surface area (Å²) in [6, 6.07) is 6.93. The number of nitrogens with one attached hydrogen (secondary N) is 1. The Bertz CT molecular complexity index is 622. The maximum absolute atomic E-state index is 11.9. The van der Waals surface area contributed by atoms with Crippen molar-refractivity contribution in [1.29, 1.82) is 0 Å². The summed E-state index contributed by atoms with van der Waals surface area (Å²) in [6.45, 7) is 5.11. The zero-order chi connectivity index (χ0) is 14.0. The van der Waals surface area contributed by atoms with Gasteiger partial charge in [0.25, 0.3) is 5.91 Å². The number of hydrogen-bond donors (Lipinski definition) is 1. The van der Waals surface area contributed by atoms with Crippen molar-refractivity contribution in [1.82, 2.24) is 5.48 Å². The smallest absolute Gasteiger partial charge is 0.337 e. The summed E-state index contributed by atoms with van der Waals surface area (Å²) >= 11 is 0. The fourth-order valence-electron chi connectivity index (χ4n) is 1.47. The lowest BCUT2D eigenvalue weighted by molar-refractivity contribution is -0.158. The molecule has 1 amide bonds. The molecule has 5 heteroatoms. The fraction of sp³-hybridized carbons (Fsp3) is 0.286. The Kier molecular flexibility index (Phi) is 3.29. The van der Waals surface area contributed by atoms with Gasteiger partial charge in [-0.05, 0) is 32.9 Å². The largest absolute Gasteiger partial charge is 0.464 e. The lowest BCUT2D eigenvalue weighted by Gasteiger charge is -2.15. The van der Waals surface area contributed by atoms with Gasteiger partial charge in [0.2, 0.25) is 0 Å². The first-order chi connectivity index (χ1) is 8.89. The lowest BCUT2D eigenvalue weighted by Crippen LogP contribution is -2.33. The Morgan fingerprint density at radius 1 is 1.21 bits per heavy atom. The van der Waals surface area contributed by atoms with Crippen LogP contribution >= 0.6 is 0 Å². The van der Waals surface area contributed by atoms with Crippen LogP contribution in [0.4, 0.5) is 0 Å². The Morgan fingerprint density at radius 2 is 1.95 bits per heavy atom. The fourth-order valence-corrected chi connectivity index (χ4v) is 1.47. The maximum Gasteiger partial charge on any atom is 0.337 e. The molecule has 100 valence electrons. The van der Waals surface area contributed by atoms with Crippen LogP contribution in [0.15, 0.2) is 34.9 Å². The zero-order valence-corrected chi connectivity index (χ0v) is 11.0. The monoisotopic (exact) mass is 261 g/mol. The van der Waals surface area contributed by atoms with Crippen molar-refractivity contribution in [3.63, 3.8) is 0 Å². The van der Waals surface area contributed by atoms with Gasteiger partial charge in [0, 0.05) is 5.39 Å². The van der Waals surface area contributed by atoms with E-state index in [1.807, 2.05) is 6.07 Å². The number of hydrogen-bond acceptors (Lipinski definition) is 4. The van der Waals surface area contributed by atoms with Gasteiger partial charge in [-0.3, -0.25) is 4.79 Å². The van der Waals surface area contributed by atoms with Crippen molar-refractivity contribution in [3.8, 4) is 0 Å². The van der Waals surface area contributed by atoms with Crippen molar-refractivity contribution >= 4 is 22.8 Å². The highest BCUT2D eigenvalue weighted by Gasteiger charge is 2.24. The molecule has 0 aliphatic carbocycles. The molecule has 2 aromatic rings. The number of furan rings is 1. The van der Waals surface area contributed by atoms with Gasteiger partial charge in [0.1, 0.15) is 5.58 Å². The van der Waals surface area contributed by atoms with E-state index in [0.717, 1.165) is 5.39 Å². The Labute approximate surface area is 110 Å². The van der Waals surface area contributed by atoms with Crippen LogP contribution in [0.2, 0.25) is 0 Å². The minimum Gasteiger partial charge on any atom is -0.464 e. The molecule has 0 aliphatic rings. The first kappa shape index (κ1) is 13.1. The first-order valence-electron chi connectivity index (χ1n) is 5.87. The second-order valence-corrected chi connectivity index (χ2v) is 5.22. The quantitative estimate of drug-likeness (QED) is 0.801. The van der Waals surface area contributed by atoms with E-state index in [1.165, 1.54) is 6.26 Å². The number of rotatable bonds is 1. The molecule has 0 aliphatic heterocycles. The molecule has 0 fully saturated rings. The molecule has 2 rings (SSSR count). The summed E-state index contributed by atoms with van der Waals surface area (Å²) in [7, 11) is 0. The average Bonchev–Trinajstić information content (AvgIpc) is 2.82. The predicted octanol–water partition coefficient (Wildman–Crippen LogP) is 2.67. The van der Waals surface area contributed by atoms with Gasteiger partial charge in [0.05, 0.1) is 17.2 Å². The van der Waals surface area contributed by atoms with E-state index < -0.39 is 17.3 Å². The third-order valence-electron chi connectivity index (χ3n) is 2.57. The van der Waals surface area contributed by atoms with E-state index in [-0.39, 0.29) is 0 Å². The van der Waals surface area contributed by atoms with E-state index >= 15 is 0 Å². The van der Waals surface area contributed by atoms with Crippen LogP contribution in [-0.2, 0) is 9.63 Å². The predicted molar refractivity (Wildman–Crippen MR) is 69.2 cm³/mol. The number of carbonyl (C=O) groups is 2. The van der Waals surface area contributed by atoms with E-state index in [9.17, 15) is 9.59 Å². The zero-order valence-electron chi connectivity index (χ0n) is 11.0. The Balaban J connectivity index is 2.13. The minimum absolute atomic E-state index is 0.323. The number of amides is 1. The normalized spacial score (nSPS) is 11.3. The summed E-state index contributed by atoms with van der Waals surface area (Å²) in [5, 5.41) is 0.815. The van der Waals surface area contributed by atoms with Crippen LogP contribution in [0.3, 0.4) is 0 Å². The minimum atomic E-state index is -0.677. The van der Waals surface area contributed by atoms with Crippen molar-refractivity contribution in [2.45, 2.75) is 20.8 Å². The molecule has 1 heterocycles. The van der Waals surface area contributed by atoms with Crippen molar-refractivity contribution < 1.29 is 18.8 Å². The van der Waals surface area contributed by atoms with Gasteiger partial charge in [0.15, 0.2) is 0 Å². The summed E-state index contributed by atoms with van der Waals surface area (Å²) in [5.74, 6) is -1.02. The van der Waals surface area contributed by atoms with Crippen molar-refractivity contribution in [2.24, 2.45) is 5.41 Å². The van der Waals surface area contributed by atoms with Gasteiger partial charge >= 0.3 is 5.97 Å². The summed E-state index contributed by atoms with van der Waals surface area (Å²) in [5.41, 5.74) is 2.25. The maximum atomic E-state index is 11.9. The van der Waals surface area contributed by atoms with Gasteiger partial charge in [-0.25, -0.2) is 4.79 Å². The topological polar surface area (TPSA) is 68.5 Å². The highest BCUT2D eigenvalue weighted by Crippen LogP contribution is 2.20. The van der Waals surface area contributed by atoms with E-state index in [1.54, 1.807) is 39.0 Å². The number of para-hydroxylation sites is 1. The molecular formula is C14H15NO4. The molecule has 0 bridgehead atoms. The molecule has 0 unspecified atom stereocenters. The first-order valence-corrected chi connectivity index (χ1v) is 5.87. The molecule has 5 nitrogen and oxygen atoms in total. The number of benzene rings is 1. The molecule has 0 saturated carbocycles. The molecule has 0 radical (unpaired) electrons. The second kappa shape index (κ2) is 4.76. The Hall–Kier alpha value is -2.30. The van der Waals surface area contributed by atoms with Crippen molar-refractivity contribution in [2.75, 3.05) is 0 Å². The van der Waals surface area contributed by atoms with Crippen LogP contribution in [0.25, 0.3) is 11.0 Å². The Morgan fingerprint density at radius 3 is 2.63 bits per heavy atom. The molecule has 1 aromatic heterocycles. The van der Waals surface area contributed by atoms with E-state index in [4.69, 9.17) is 9.25 Å². The summed E-state index contributed by atoms with van der Waals surface area (Å²) in [4.78, 5) is 28.3. The van der Waals surface area contributed by atoms with Gasteiger partial charge in [-0.2, -0.15) is 5.48 Å². The van der Waals surface area contributed by atoms with Crippen molar-refractivity contribution in [3.05, 3.63) is 36.1 Å². The van der Waals surface area contributed by atoms with E-state index in [0.29, 0.717) is 11.1 Å². The number of hydroxylamine groups is 1. The highest BCUT2D eigenvalue weighted by molar-refractivity contribution is 6.04. The van der Waals surface area contributed by atoms with Crippen LogP contribution in [-0.4, -0.2) is 11.9 Å². The van der Waals surface area contributed by atoms with E-state index in [2.05, 4.69) is 5.48 Å². The summed E-state index contributed by atoms with van der Waals surface area (Å²) < 4.78 is 5.24. The standard InChI is InChI=1S/C14H15NO4/c1-14(2,3)13(17)19-15-12(16)10-6-4-5-9-7-8-18-11(9)10/h4-8H,1-3H3,(H,15,16). The SMILES string of the molecule is CC(C)(C)C(=O)ONC(=O)c1cccc2ccoc12. The molecule has 1 N–H and O–H groups in total. The number of carbonyl (C=O) groups excluding carboxylic acids is 2. The van der Waals surface area contributed by atoms with Crippen LogP contribution in [0, 0.1) is 5.41 Å². The third-order valence-corrected chi connectivity index (χ3v) is 2.57. The molecule has 0 saturated heterocycles. The van der Waals surface area contributed by atoms with Gasteiger partial charge in [-0.1, -0.05) is 12.1 Å². The average molecular weight is 261 g/mol. The second-order valence-electron chi connectivity index (χ2n) is 5.22. The van der Waals surface area contributed by atoms with Crippen LogP contribution in [0.1, 0.15) is 31.1 Å². The highest BCUT2D eigenvalue weighted by atomic mass is 16.7. The molecule has 1 aromatic carbocycles. The molecule has 0 spiro atoms. The molecule has 0 atom stereocenters. The van der Waals surface area contributed by atoms with Crippen LogP contribution in [0.5, 0.6) is 0 Å². The molecular weight excluding hydrogens is 246 g/mol. The number of fused-ring (bicyclic) bond motifs is 1. The molecule has 19 heavy (non-hydrogen) atoms. The van der Waals surface area contributed by atoms with Gasteiger partial charge in [-0.15, -0.1) is 0 Å². The van der Waals surface area contributed by atoms with Gasteiger partial charge < -0.3 is 9.25 Å².